The summed E-state index contributed by atoms with van der Waals surface area (Å²) in [4.78, 5) is 11.5. The Morgan fingerprint density at radius 3 is 2.28 bits per heavy atom. The Morgan fingerprint density at radius 2 is 1.67 bits per heavy atom. The van der Waals surface area contributed by atoms with Gasteiger partial charge in [0.05, 0.1) is 0 Å². The van der Waals surface area contributed by atoms with E-state index in [9.17, 15) is 4.79 Å². The van der Waals surface area contributed by atoms with Gasteiger partial charge in [0.2, 0.25) is 0 Å². The van der Waals surface area contributed by atoms with Gasteiger partial charge in [0.15, 0.2) is 5.78 Å². The molecule has 0 saturated carbocycles. The van der Waals surface area contributed by atoms with E-state index in [1.807, 2.05) is 61.5 Å². The van der Waals surface area contributed by atoms with Gasteiger partial charge in [0.25, 0.3) is 0 Å². The van der Waals surface area contributed by atoms with E-state index in [2.05, 4.69) is 0 Å². The third-order valence-electron chi connectivity index (χ3n) is 2.75. The molecule has 2 heteroatoms. The molecule has 2 aromatic carbocycles. The molecule has 0 radical (unpaired) electrons. The second kappa shape index (κ2) is 6.01. The van der Waals surface area contributed by atoms with Crippen LogP contribution in [-0.2, 0) is 6.61 Å². The van der Waals surface area contributed by atoms with Crippen molar-refractivity contribution in [3.8, 4) is 5.75 Å². The molecule has 0 saturated heterocycles. The van der Waals surface area contributed by atoms with E-state index in [-0.39, 0.29) is 5.78 Å². The van der Waals surface area contributed by atoms with Gasteiger partial charge in [-0.1, -0.05) is 37.3 Å². The van der Waals surface area contributed by atoms with Crippen LogP contribution in [0.1, 0.15) is 29.3 Å². The van der Waals surface area contributed by atoms with Crippen molar-refractivity contribution >= 4 is 5.78 Å². The minimum Gasteiger partial charge on any atom is -0.489 e. The Balaban J connectivity index is 1.97. The van der Waals surface area contributed by atoms with Crippen molar-refractivity contribution in [1.29, 1.82) is 0 Å². The maximum Gasteiger partial charge on any atom is 0.162 e. The normalized spacial score (nSPS) is 10.1. The van der Waals surface area contributed by atoms with Crippen LogP contribution in [0.3, 0.4) is 0 Å². The number of rotatable bonds is 5. The molecule has 0 fully saturated rings. The van der Waals surface area contributed by atoms with E-state index in [0.717, 1.165) is 16.9 Å². The van der Waals surface area contributed by atoms with Crippen molar-refractivity contribution in [1.82, 2.24) is 0 Å². The SMILES string of the molecule is CCC(=O)c1ccc(OCc2ccccc2)cc1. The predicted molar refractivity (Wildman–Crippen MR) is 71.8 cm³/mol. The average Bonchev–Trinajstić information content (AvgIpc) is 2.46. The molecule has 0 heterocycles. The van der Waals surface area contributed by atoms with E-state index in [4.69, 9.17) is 4.74 Å². The number of ketones is 1. The lowest BCUT2D eigenvalue weighted by Gasteiger charge is -2.06. The second-order valence-corrected chi connectivity index (χ2v) is 4.08. The van der Waals surface area contributed by atoms with Gasteiger partial charge < -0.3 is 4.74 Å². The maximum absolute atomic E-state index is 11.5. The highest BCUT2D eigenvalue weighted by Gasteiger charge is 2.02. The Morgan fingerprint density at radius 1 is 1.00 bits per heavy atom. The lowest BCUT2D eigenvalue weighted by molar-refractivity contribution is 0.0988. The van der Waals surface area contributed by atoms with E-state index < -0.39 is 0 Å². The smallest absolute Gasteiger partial charge is 0.162 e. The van der Waals surface area contributed by atoms with Crippen LogP contribution in [0.5, 0.6) is 5.75 Å². The third kappa shape index (κ3) is 3.20. The lowest BCUT2D eigenvalue weighted by atomic mass is 10.1. The van der Waals surface area contributed by atoms with Crippen molar-refractivity contribution in [3.05, 3.63) is 65.7 Å². The highest BCUT2D eigenvalue weighted by molar-refractivity contribution is 5.95. The van der Waals surface area contributed by atoms with Crippen LogP contribution in [0.2, 0.25) is 0 Å². The number of carbonyl (C=O) groups is 1. The molecule has 0 N–H and O–H groups in total. The zero-order chi connectivity index (χ0) is 12.8. The first-order valence-corrected chi connectivity index (χ1v) is 6.09. The van der Waals surface area contributed by atoms with Gasteiger partial charge in [0.1, 0.15) is 12.4 Å². The van der Waals surface area contributed by atoms with Gasteiger partial charge in [-0.05, 0) is 29.8 Å². The average molecular weight is 240 g/mol. The van der Waals surface area contributed by atoms with Crippen molar-refractivity contribution < 1.29 is 9.53 Å². The van der Waals surface area contributed by atoms with Gasteiger partial charge in [-0.25, -0.2) is 0 Å². The van der Waals surface area contributed by atoms with Crippen molar-refractivity contribution in [3.63, 3.8) is 0 Å². The van der Waals surface area contributed by atoms with E-state index in [1.165, 1.54) is 0 Å². The standard InChI is InChI=1S/C16H16O2/c1-2-16(17)14-8-10-15(11-9-14)18-12-13-6-4-3-5-7-13/h3-11H,2,12H2,1H3. The summed E-state index contributed by atoms with van der Waals surface area (Å²) in [5.41, 5.74) is 1.87. The van der Waals surface area contributed by atoms with Crippen LogP contribution in [0.25, 0.3) is 0 Å². The molecule has 0 unspecified atom stereocenters. The molecule has 0 aliphatic heterocycles. The molecule has 2 rings (SSSR count). The van der Waals surface area contributed by atoms with E-state index in [0.29, 0.717) is 13.0 Å². The molecule has 0 bridgehead atoms. The molecule has 0 aliphatic rings. The third-order valence-corrected chi connectivity index (χ3v) is 2.75. The Labute approximate surface area is 107 Å². The van der Waals surface area contributed by atoms with Gasteiger partial charge in [-0.2, -0.15) is 0 Å². The summed E-state index contributed by atoms with van der Waals surface area (Å²) in [6.07, 6.45) is 0.532. The van der Waals surface area contributed by atoms with Gasteiger partial charge in [-0.3, -0.25) is 4.79 Å². The van der Waals surface area contributed by atoms with Gasteiger partial charge in [-0.15, -0.1) is 0 Å². The minimum atomic E-state index is 0.157. The molecule has 0 aliphatic carbocycles. The molecule has 18 heavy (non-hydrogen) atoms. The topological polar surface area (TPSA) is 26.3 Å². The first kappa shape index (κ1) is 12.4. The first-order chi connectivity index (χ1) is 8.79. The van der Waals surface area contributed by atoms with Crippen molar-refractivity contribution in [2.24, 2.45) is 0 Å². The summed E-state index contributed by atoms with van der Waals surface area (Å²) >= 11 is 0. The molecular weight excluding hydrogens is 224 g/mol. The fourth-order valence-corrected chi connectivity index (χ4v) is 1.68. The Kier molecular flexibility index (Phi) is 4.13. The van der Waals surface area contributed by atoms with Gasteiger partial charge in [0, 0.05) is 12.0 Å². The summed E-state index contributed by atoms with van der Waals surface area (Å²) < 4.78 is 5.65. The number of ether oxygens (including phenoxy) is 1. The largest absolute Gasteiger partial charge is 0.489 e. The molecule has 92 valence electrons. The Bertz CT molecular complexity index is 500. The van der Waals surface area contributed by atoms with E-state index in [1.54, 1.807) is 0 Å². The minimum absolute atomic E-state index is 0.157. The second-order valence-electron chi connectivity index (χ2n) is 4.08. The number of Topliss-reactive ketones (excluding diaryl/α,β-unsaturated/α-hetero) is 1. The fourth-order valence-electron chi connectivity index (χ4n) is 1.68. The molecule has 0 amide bonds. The molecule has 2 aromatic rings. The van der Waals surface area contributed by atoms with Crippen LogP contribution in [0.15, 0.2) is 54.6 Å². The quantitative estimate of drug-likeness (QED) is 0.742. The fraction of sp³-hybridized carbons (Fsp3) is 0.188. The van der Waals surface area contributed by atoms with Gasteiger partial charge >= 0.3 is 0 Å². The summed E-state index contributed by atoms with van der Waals surface area (Å²) in [5, 5.41) is 0. The summed E-state index contributed by atoms with van der Waals surface area (Å²) in [5.74, 6) is 0.941. The molecule has 0 spiro atoms. The maximum atomic E-state index is 11.5. The molecular formula is C16H16O2. The zero-order valence-corrected chi connectivity index (χ0v) is 10.4. The molecule has 0 aromatic heterocycles. The van der Waals surface area contributed by atoms with Crippen LogP contribution in [0.4, 0.5) is 0 Å². The van der Waals surface area contributed by atoms with Crippen LogP contribution < -0.4 is 4.74 Å². The van der Waals surface area contributed by atoms with Crippen molar-refractivity contribution in [2.45, 2.75) is 20.0 Å². The predicted octanol–water partition coefficient (Wildman–Crippen LogP) is 3.86. The summed E-state index contributed by atoms with van der Waals surface area (Å²) in [7, 11) is 0. The summed E-state index contributed by atoms with van der Waals surface area (Å²) in [6.45, 7) is 2.41. The lowest BCUT2D eigenvalue weighted by Crippen LogP contribution is -1.98. The number of carbonyl (C=O) groups excluding carboxylic acids is 1. The van der Waals surface area contributed by atoms with Crippen LogP contribution >= 0.6 is 0 Å². The zero-order valence-electron chi connectivity index (χ0n) is 10.4. The molecule has 2 nitrogen and oxygen atoms in total. The number of hydrogen-bond acceptors (Lipinski definition) is 2. The molecule has 0 atom stereocenters. The van der Waals surface area contributed by atoms with Crippen LogP contribution in [-0.4, -0.2) is 5.78 Å². The highest BCUT2D eigenvalue weighted by Crippen LogP contribution is 2.15. The highest BCUT2D eigenvalue weighted by atomic mass is 16.5. The van der Waals surface area contributed by atoms with E-state index >= 15 is 0 Å². The van der Waals surface area contributed by atoms with Crippen LogP contribution in [0, 0.1) is 0 Å². The number of hydrogen-bond donors (Lipinski definition) is 0. The Hall–Kier alpha value is -2.09. The monoisotopic (exact) mass is 240 g/mol. The van der Waals surface area contributed by atoms with Crippen molar-refractivity contribution in [2.75, 3.05) is 0 Å². The summed E-state index contributed by atoms with van der Waals surface area (Å²) in [6, 6.07) is 17.3. The number of benzene rings is 2. The first-order valence-electron chi connectivity index (χ1n) is 6.09.